The van der Waals surface area contributed by atoms with Crippen molar-refractivity contribution >= 4 is 17.9 Å². The van der Waals surface area contributed by atoms with E-state index in [9.17, 15) is 4.79 Å². The van der Waals surface area contributed by atoms with Crippen LogP contribution in [0, 0.1) is 0 Å². The summed E-state index contributed by atoms with van der Waals surface area (Å²) < 4.78 is 0. The molecule has 0 aliphatic rings. The molecule has 0 unspecified atom stereocenters. The fraction of sp³-hybridized carbons (Fsp3) is 0.150. The Labute approximate surface area is 126 Å². The van der Waals surface area contributed by atoms with Gasteiger partial charge in [0.15, 0.2) is 5.78 Å². The van der Waals surface area contributed by atoms with Crippen LogP contribution in [0.3, 0.4) is 0 Å². The second-order valence-corrected chi connectivity index (χ2v) is 5.35. The molecule has 0 spiro atoms. The summed E-state index contributed by atoms with van der Waals surface area (Å²) in [5.41, 5.74) is 4.05. The van der Waals surface area contributed by atoms with Crippen molar-refractivity contribution in [2.75, 3.05) is 0 Å². The highest BCUT2D eigenvalue weighted by atomic mass is 16.1. The van der Waals surface area contributed by atoms with Gasteiger partial charge in [-0.25, -0.2) is 0 Å². The average molecular weight is 276 g/mol. The van der Waals surface area contributed by atoms with Crippen molar-refractivity contribution in [3.63, 3.8) is 0 Å². The minimum Gasteiger partial charge on any atom is -0.289 e. The van der Waals surface area contributed by atoms with Gasteiger partial charge in [-0.2, -0.15) is 0 Å². The lowest BCUT2D eigenvalue weighted by Gasteiger charge is -2.04. The molecule has 0 bridgehead atoms. The van der Waals surface area contributed by atoms with Crippen molar-refractivity contribution in [1.29, 1.82) is 0 Å². The lowest BCUT2D eigenvalue weighted by Crippen LogP contribution is -1.93. The van der Waals surface area contributed by atoms with Crippen LogP contribution in [0.1, 0.15) is 46.8 Å². The molecule has 0 saturated heterocycles. The lowest BCUT2D eigenvalue weighted by atomic mass is 10.0. The van der Waals surface area contributed by atoms with Gasteiger partial charge >= 0.3 is 0 Å². The first-order valence-electron chi connectivity index (χ1n) is 7.15. The summed E-state index contributed by atoms with van der Waals surface area (Å²) in [7, 11) is 0. The second kappa shape index (κ2) is 6.85. The Balaban J connectivity index is 2.08. The van der Waals surface area contributed by atoms with Gasteiger partial charge in [0.1, 0.15) is 0 Å². The van der Waals surface area contributed by atoms with E-state index in [0.717, 1.165) is 11.1 Å². The zero-order valence-corrected chi connectivity index (χ0v) is 12.5. The summed E-state index contributed by atoms with van der Waals surface area (Å²) >= 11 is 0. The van der Waals surface area contributed by atoms with Gasteiger partial charge in [-0.05, 0) is 28.7 Å². The molecule has 1 heteroatoms. The molecule has 2 aromatic rings. The van der Waals surface area contributed by atoms with Crippen LogP contribution >= 0.6 is 0 Å². The van der Waals surface area contributed by atoms with E-state index in [1.165, 1.54) is 5.56 Å². The van der Waals surface area contributed by atoms with Crippen molar-refractivity contribution in [2.24, 2.45) is 0 Å². The molecule has 1 nitrogen and oxygen atoms in total. The number of hydrogen-bond donors (Lipinski definition) is 0. The Bertz CT molecular complexity index is 643. The van der Waals surface area contributed by atoms with E-state index in [1.54, 1.807) is 12.2 Å². The van der Waals surface area contributed by atoms with E-state index in [1.807, 2.05) is 42.5 Å². The Morgan fingerprint density at radius 1 is 0.952 bits per heavy atom. The smallest absolute Gasteiger partial charge is 0.185 e. The van der Waals surface area contributed by atoms with Crippen LogP contribution in [-0.4, -0.2) is 5.78 Å². The summed E-state index contributed by atoms with van der Waals surface area (Å²) in [6, 6.07) is 15.7. The summed E-state index contributed by atoms with van der Waals surface area (Å²) in [5.74, 6) is 0.534. The molecular formula is C20H20O. The number of ketones is 1. The van der Waals surface area contributed by atoms with E-state index >= 15 is 0 Å². The first-order chi connectivity index (χ1) is 10.1. The van der Waals surface area contributed by atoms with Crippen molar-refractivity contribution in [1.82, 2.24) is 0 Å². The van der Waals surface area contributed by atoms with Gasteiger partial charge in [-0.15, -0.1) is 0 Å². The Hall–Kier alpha value is -2.41. The second-order valence-electron chi connectivity index (χ2n) is 5.35. The summed E-state index contributed by atoms with van der Waals surface area (Å²) in [4.78, 5) is 12.1. The monoisotopic (exact) mass is 276 g/mol. The van der Waals surface area contributed by atoms with Crippen LogP contribution in [0.4, 0.5) is 0 Å². The van der Waals surface area contributed by atoms with E-state index in [-0.39, 0.29) is 5.78 Å². The highest BCUT2D eigenvalue weighted by Crippen LogP contribution is 2.15. The molecule has 0 radical (unpaired) electrons. The molecule has 2 rings (SSSR count). The van der Waals surface area contributed by atoms with Crippen LogP contribution in [0.15, 0.2) is 61.2 Å². The molecule has 0 atom stereocenters. The quantitative estimate of drug-likeness (QED) is 0.531. The predicted octanol–water partition coefficient (Wildman–Crippen LogP) is 5.35. The molecule has 21 heavy (non-hydrogen) atoms. The zero-order chi connectivity index (χ0) is 15.2. The zero-order valence-electron chi connectivity index (χ0n) is 12.5. The number of allylic oxidation sites excluding steroid dienone is 1. The average Bonchev–Trinajstić information content (AvgIpc) is 2.53. The maximum atomic E-state index is 12.1. The third-order valence-electron chi connectivity index (χ3n) is 3.46. The first kappa shape index (κ1) is 15.0. The van der Waals surface area contributed by atoms with Crippen LogP contribution in [-0.2, 0) is 0 Å². The van der Waals surface area contributed by atoms with Gasteiger partial charge in [-0.1, -0.05) is 81.1 Å². The topological polar surface area (TPSA) is 17.1 Å². The minimum atomic E-state index is 0.0125. The third-order valence-corrected chi connectivity index (χ3v) is 3.46. The number of carbonyl (C=O) groups excluding carboxylic acids is 1. The van der Waals surface area contributed by atoms with Gasteiger partial charge in [0.25, 0.3) is 0 Å². The maximum absolute atomic E-state index is 12.1. The Morgan fingerprint density at radius 2 is 1.52 bits per heavy atom. The molecule has 0 saturated carbocycles. The number of hydrogen-bond acceptors (Lipinski definition) is 1. The fourth-order valence-corrected chi connectivity index (χ4v) is 2.04. The van der Waals surface area contributed by atoms with Crippen molar-refractivity contribution in [3.8, 4) is 0 Å². The van der Waals surface area contributed by atoms with E-state index < -0.39 is 0 Å². The third kappa shape index (κ3) is 4.03. The molecule has 0 aliphatic heterocycles. The molecule has 0 fully saturated rings. The van der Waals surface area contributed by atoms with Gasteiger partial charge in [-0.3, -0.25) is 4.79 Å². The van der Waals surface area contributed by atoms with Crippen molar-refractivity contribution < 1.29 is 4.79 Å². The van der Waals surface area contributed by atoms with Crippen molar-refractivity contribution in [3.05, 3.63) is 83.4 Å². The Morgan fingerprint density at radius 3 is 2.05 bits per heavy atom. The maximum Gasteiger partial charge on any atom is 0.185 e. The van der Waals surface area contributed by atoms with Gasteiger partial charge in [0.05, 0.1) is 0 Å². The van der Waals surface area contributed by atoms with Crippen LogP contribution in [0.2, 0.25) is 0 Å². The minimum absolute atomic E-state index is 0.0125. The molecule has 0 heterocycles. The van der Waals surface area contributed by atoms with E-state index in [2.05, 4.69) is 32.6 Å². The number of carbonyl (C=O) groups is 1. The van der Waals surface area contributed by atoms with E-state index in [4.69, 9.17) is 0 Å². The summed E-state index contributed by atoms with van der Waals surface area (Å²) in [5, 5.41) is 0. The SMILES string of the molecule is C=Cc1ccc(C(=O)C=Cc2ccc(C(C)C)cc2)cc1. The van der Waals surface area contributed by atoms with Crippen LogP contribution in [0.5, 0.6) is 0 Å². The highest BCUT2D eigenvalue weighted by molar-refractivity contribution is 6.06. The van der Waals surface area contributed by atoms with Gasteiger partial charge in [0.2, 0.25) is 0 Å². The summed E-state index contributed by atoms with van der Waals surface area (Å²) in [6.07, 6.45) is 5.24. The Kier molecular flexibility index (Phi) is 4.89. The normalized spacial score (nSPS) is 11.0. The van der Waals surface area contributed by atoms with Crippen molar-refractivity contribution in [2.45, 2.75) is 19.8 Å². The molecule has 106 valence electrons. The molecule has 0 N–H and O–H groups in total. The highest BCUT2D eigenvalue weighted by Gasteiger charge is 2.01. The van der Waals surface area contributed by atoms with Crippen LogP contribution < -0.4 is 0 Å². The lowest BCUT2D eigenvalue weighted by molar-refractivity contribution is 0.104. The molecule has 0 aromatic heterocycles. The largest absolute Gasteiger partial charge is 0.289 e. The number of benzene rings is 2. The van der Waals surface area contributed by atoms with Crippen LogP contribution in [0.25, 0.3) is 12.2 Å². The first-order valence-corrected chi connectivity index (χ1v) is 7.15. The van der Waals surface area contributed by atoms with Gasteiger partial charge < -0.3 is 0 Å². The van der Waals surface area contributed by atoms with E-state index in [0.29, 0.717) is 11.5 Å². The standard InChI is InChI=1S/C20H20O/c1-4-16-5-12-19(13-6-16)20(21)14-9-17-7-10-18(11-8-17)15(2)3/h4-15H,1H2,2-3H3. The predicted molar refractivity (Wildman–Crippen MR) is 90.4 cm³/mol. The fourth-order valence-electron chi connectivity index (χ4n) is 2.04. The molecular weight excluding hydrogens is 256 g/mol. The molecule has 0 amide bonds. The summed E-state index contributed by atoms with van der Waals surface area (Å²) in [6.45, 7) is 8.04. The number of rotatable bonds is 5. The van der Waals surface area contributed by atoms with Gasteiger partial charge in [0, 0.05) is 5.56 Å². The molecule has 2 aromatic carbocycles. The molecule has 0 aliphatic carbocycles.